The zero-order valence-electron chi connectivity index (χ0n) is 15.0. The van der Waals surface area contributed by atoms with Gasteiger partial charge in [-0.3, -0.25) is 14.5 Å². The van der Waals surface area contributed by atoms with Crippen molar-refractivity contribution in [1.29, 1.82) is 0 Å². The number of ether oxygens (including phenoxy) is 1. The van der Waals surface area contributed by atoms with Crippen LogP contribution in [0.2, 0.25) is 0 Å². The number of carbonyl (C=O) groups excluding carboxylic acids is 2. The maximum atomic E-state index is 12.5. The zero-order chi connectivity index (χ0) is 20.4. The Bertz CT molecular complexity index is 1090. The van der Waals surface area contributed by atoms with Crippen LogP contribution in [0.4, 0.5) is 11.4 Å². The topological polar surface area (TPSA) is 105 Å². The molecule has 0 saturated carbocycles. The van der Waals surface area contributed by atoms with Gasteiger partial charge in [0.05, 0.1) is 23.8 Å². The first-order valence-electron chi connectivity index (χ1n) is 8.63. The minimum Gasteiger partial charge on any atom is -0.508 e. The maximum Gasteiger partial charge on any atom is 0.265 e. The molecule has 0 fully saturated rings. The highest BCUT2D eigenvalue weighted by molar-refractivity contribution is 9.10. The van der Waals surface area contributed by atoms with E-state index in [4.69, 9.17) is 4.74 Å². The van der Waals surface area contributed by atoms with Crippen LogP contribution >= 0.6 is 15.9 Å². The van der Waals surface area contributed by atoms with E-state index in [1.165, 1.54) is 17.3 Å². The molecule has 0 aliphatic carbocycles. The van der Waals surface area contributed by atoms with E-state index in [9.17, 15) is 14.7 Å². The molecule has 3 aromatic rings. The van der Waals surface area contributed by atoms with Crippen LogP contribution in [0.15, 0.2) is 59.3 Å². The summed E-state index contributed by atoms with van der Waals surface area (Å²) in [7, 11) is 0. The molecule has 0 atom stereocenters. The summed E-state index contributed by atoms with van der Waals surface area (Å²) in [5, 5.41) is 12.2. The summed E-state index contributed by atoms with van der Waals surface area (Å²) in [4.78, 5) is 34.5. The van der Waals surface area contributed by atoms with Gasteiger partial charge in [-0.25, -0.2) is 9.97 Å². The molecule has 1 aliphatic heterocycles. The third-order valence-electron chi connectivity index (χ3n) is 4.21. The summed E-state index contributed by atoms with van der Waals surface area (Å²) in [6.45, 7) is -0.288. The summed E-state index contributed by atoms with van der Waals surface area (Å²) >= 11 is 3.36. The average molecular weight is 455 g/mol. The van der Waals surface area contributed by atoms with Gasteiger partial charge in [0.1, 0.15) is 18.0 Å². The van der Waals surface area contributed by atoms with Crippen LogP contribution in [0.5, 0.6) is 11.5 Å². The second-order valence-corrected chi connectivity index (χ2v) is 7.19. The monoisotopic (exact) mass is 454 g/mol. The molecule has 0 bridgehead atoms. The van der Waals surface area contributed by atoms with Crippen LogP contribution in [0.25, 0.3) is 11.4 Å². The van der Waals surface area contributed by atoms with Crippen LogP contribution in [0.1, 0.15) is 0 Å². The Balaban J connectivity index is 1.46. The van der Waals surface area contributed by atoms with Gasteiger partial charge in [-0.15, -0.1) is 0 Å². The number of fused-ring (bicyclic) bond motifs is 1. The number of rotatable bonds is 4. The van der Waals surface area contributed by atoms with Crippen LogP contribution in [-0.2, 0) is 9.59 Å². The molecule has 8 nitrogen and oxygen atoms in total. The van der Waals surface area contributed by atoms with Crippen LogP contribution in [-0.4, -0.2) is 40.0 Å². The van der Waals surface area contributed by atoms with Crippen molar-refractivity contribution < 1.29 is 19.4 Å². The number of hydrogen-bond acceptors (Lipinski definition) is 6. The number of amides is 2. The molecule has 0 unspecified atom stereocenters. The second kappa shape index (κ2) is 7.88. The molecule has 2 heterocycles. The first-order valence-corrected chi connectivity index (χ1v) is 9.43. The fourth-order valence-corrected chi connectivity index (χ4v) is 3.22. The van der Waals surface area contributed by atoms with E-state index in [0.717, 1.165) is 4.47 Å². The van der Waals surface area contributed by atoms with Gasteiger partial charge in [-0.2, -0.15) is 0 Å². The van der Waals surface area contributed by atoms with E-state index >= 15 is 0 Å². The van der Waals surface area contributed by atoms with Crippen molar-refractivity contribution in [2.45, 2.75) is 0 Å². The van der Waals surface area contributed by atoms with E-state index in [0.29, 0.717) is 28.5 Å². The van der Waals surface area contributed by atoms with E-state index < -0.39 is 0 Å². The first-order chi connectivity index (χ1) is 14.0. The lowest BCUT2D eigenvalue weighted by Gasteiger charge is -2.28. The van der Waals surface area contributed by atoms with Crippen molar-refractivity contribution in [3.05, 3.63) is 59.3 Å². The minimum atomic E-state index is -0.386. The van der Waals surface area contributed by atoms with Gasteiger partial charge in [0.15, 0.2) is 12.4 Å². The van der Waals surface area contributed by atoms with E-state index in [2.05, 4.69) is 31.2 Å². The molecule has 4 rings (SSSR count). The number of nitrogens with one attached hydrogen (secondary N) is 1. The molecule has 1 aliphatic rings. The Morgan fingerprint density at radius 1 is 1.21 bits per heavy atom. The second-order valence-electron chi connectivity index (χ2n) is 6.27. The SMILES string of the molecule is O=C(CN1C(=O)COc2cc(Br)ccc21)Nc1cnc(-c2cccc(O)c2)nc1. The molecule has 29 heavy (non-hydrogen) atoms. The Morgan fingerprint density at radius 2 is 2.00 bits per heavy atom. The van der Waals surface area contributed by atoms with Gasteiger partial charge >= 0.3 is 0 Å². The van der Waals surface area contributed by atoms with Crippen molar-refractivity contribution >= 4 is 39.1 Å². The number of nitrogens with zero attached hydrogens (tertiary/aromatic N) is 3. The molecular formula is C20H15BrN4O4. The van der Waals surface area contributed by atoms with Gasteiger partial charge in [-0.1, -0.05) is 28.1 Å². The van der Waals surface area contributed by atoms with E-state index in [1.807, 2.05) is 0 Å². The highest BCUT2D eigenvalue weighted by Crippen LogP contribution is 2.34. The number of hydrogen-bond donors (Lipinski definition) is 2. The molecule has 2 N–H and O–H groups in total. The number of aromatic nitrogens is 2. The van der Waals surface area contributed by atoms with Gasteiger partial charge < -0.3 is 15.2 Å². The lowest BCUT2D eigenvalue weighted by atomic mass is 10.2. The number of phenolic OH excluding ortho intramolecular Hbond substituents is 1. The van der Waals surface area contributed by atoms with Gasteiger partial charge in [-0.05, 0) is 30.3 Å². The molecule has 0 saturated heterocycles. The molecule has 0 radical (unpaired) electrons. The van der Waals surface area contributed by atoms with Gasteiger partial charge in [0.2, 0.25) is 5.91 Å². The molecule has 9 heteroatoms. The summed E-state index contributed by atoms with van der Waals surface area (Å²) in [5.41, 5.74) is 1.59. The van der Waals surface area contributed by atoms with E-state index in [-0.39, 0.29) is 30.7 Å². The summed E-state index contributed by atoms with van der Waals surface area (Å²) in [6, 6.07) is 11.8. The molecule has 2 aromatic carbocycles. The van der Waals surface area contributed by atoms with Crippen LogP contribution in [0, 0.1) is 0 Å². The Morgan fingerprint density at radius 3 is 2.76 bits per heavy atom. The first kappa shape index (κ1) is 18.9. The van der Waals surface area contributed by atoms with Crippen molar-refractivity contribution in [2.75, 3.05) is 23.4 Å². The van der Waals surface area contributed by atoms with Crippen molar-refractivity contribution in [3.63, 3.8) is 0 Å². The largest absolute Gasteiger partial charge is 0.508 e. The lowest BCUT2D eigenvalue weighted by Crippen LogP contribution is -2.43. The molecule has 146 valence electrons. The minimum absolute atomic E-state index is 0.117. The number of anilines is 2. The van der Waals surface area contributed by atoms with Gasteiger partial charge in [0.25, 0.3) is 5.91 Å². The molecule has 0 spiro atoms. The van der Waals surface area contributed by atoms with Crippen molar-refractivity contribution in [2.24, 2.45) is 0 Å². The quantitative estimate of drug-likeness (QED) is 0.627. The highest BCUT2D eigenvalue weighted by Gasteiger charge is 2.27. The molecular weight excluding hydrogens is 440 g/mol. The van der Waals surface area contributed by atoms with Gasteiger partial charge in [0, 0.05) is 10.0 Å². The average Bonchev–Trinajstić information content (AvgIpc) is 2.71. The normalized spacial score (nSPS) is 12.9. The van der Waals surface area contributed by atoms with Crippen molar-refractivity contribution in [3.8, 4) is 22.9 Å². The number of benzene rings is 2. The van der Waals surface area contributed by atoms with E-state index in [1.54, 1.807) is 42.5 Å². The number of aromatic hydroxyl groups is 1. The third kappa shape index (κ3) is 4.19. The third-order valence-corrected chi connectivity index (χ3v) is 4.70. The predicted octanol–water partition coefficient (Wildman–Crippen LogP) is 2.98. The molecule has 2 amide bonds. The Labute approximate surface area is 174 Å². The number of halogens is 1. The predicted molar refractivity (Wildman–Crippen MR) is 110 cm³/mol. The van der Waals surface area contributed by atoms with Crippen molar-refractivity contribution in [1.82, 2.24) is 9.97 Å². The summed E-state index contributed by atoms with van der Waals surface area (Å²) < 4.78 is 6.24. The standard InChI is InChI=1S/C20H15BrN4O4/c21-13-4-5-16-17(7-13)29-11-19(28)25(16)10-18(27)24-14-8-22-20(23-9-14)12-2-1-3-15(26)6-12/h1-9,26H,10-11H2,(H,24,27). The Hall–Kier alpha value is -3.46. The maximum absolute atomic E-state index is 12.5. The lowest BCUT2D eigenvalue weighted by molar-refractivity contribution is -0.123. The smallest absolute Gasteiger partial charge is 0.265 e. The number of carbonyl (C=O) groups is 2. The fourth-order valence-electron chi connectivity index (χ4n) is 2.88. The fraction of sp³-hybridized carbons (Fsp3) is 0.100. The summed E-state index contributed by atoms with van der Waals surface area (Å²) in [5.74, 6) is 0.381. The van der Waals surface area contributed by atoms with Crippen LogP contribution < -0.4 is 15.0 Å². The highest BCUT2D eigenvalue weighted by atomic mass is 79.9. The Kier molecular flexibility index (Phi) is 5.13. The number of phenols is 1. The molecule has 1 aromatic heterocycles. The zero-order valence-corrected chi connectivity index (χ0v) is 16.6. The van der Waals surface area contributed by atoms with Crippen LogP contribution in [0.3, 0.4) is 0 Å². The summed E-state index contributed by atoms with van der Waals surface area (Å²) in [6.07, 6.45) is 2.94.